The molecule has 0 spiro atoms. The number of ether oxygens (including phenoxy) is 1. The number of fused-ring (bicyclic) bond motifs is 1. The average molecular weight is 253 g/mol. The van der Waals surface area contributed by atoms with E-state index in [2.05, 4.69) is 20.7 Å². The van der Waals surface area contributed by atoms with Crippen LogP contribution in [-0.2, 0) is 4.74 Å². The van der Waals surface area contributed by atoms with Gasteiger partial charge in [0.2, 0.25) is 5.95 Å². The highest BCUT2D eigenvalue weighted by molar-refractivity contribution is 7.16. The largest absolute Gasteiger partial charge is 0.380 e. The summed E-state index contributed by atoms with van der Waals surface area (Å²) in [5.41, 5.74) is 2.46. The Morgan fingerprint density at radius 1 is 1.47 bits per heavy atom. The lowest BCUT2D eigenvalue weighted by atomic mass is 10.4. The number of nitrogen functional groups attached to an aromatic ring is 1. The van der Waals surface area contributed by atoms with E-state index >= 15 is 0 Å². The lowest BCUT2D eigenvalue weighted by Gasteiger charge is -2.08. The zero-order valence-corrected chi connectivity index (χ0v) is 10.4. The Hall–Kier alpha value is -1.44. The van der Waals surface area contributed by atoms with Gasteiger partial charge in [-0.1, -0.05) is 0 Å². The van der Waals surface area contributed by atoms with Crippen molar-refractivity contribution in [3.05, 3.63) is 11.4 Å². The molecule has 0 saturated heterocycles. The standard InChI is InChI=1S/C10H15N5OS/c1-2-16-5-4-12-8-7-3-6-17-9(7)14-10(13-8)15-11/h3,6H,2,4-5,11H2,1H3,(H2,12,13,14,15). The molecule has 0 atom stereocenters. The number of rotatable bonds is 6. The van der Waals surface area contributed by atoms with Gasteiger partial charge in [0.25, 0.3) is 0 Å². The summed E-state index contributed by atoms with van der Waals surface area (Å²) in [4.78, 5) is 9.45. The van der Waals surface area contributed by atoms with Crippen molar-refractivity contribution in [3.63, 3.8) is 0 Å². The van der Waals surface area contributed by atoms with Gasteiger partial charge in [-0.15, -0.1) is 11.3 Å². The molecule has 0 aliphatic carbocycles. The molecule has 2 rings (SSSR count). The Balaban J connectivity index is 2.16. The van der Waals surface area contributed by atoms with Crippen LogP contribution in [0.5, 0.6) is 0 Å². The van der Waals surface area contributed by atoms with Gasteiger partial charge in [0.05, 0.1) is 12.0 Å². The smallest absolute Gasteiger partial charge is 0.240 e. The molecule has 0 radical (unpaired) electrons. The number of thiophene rings is 1. The first kappa shape index (κ1) is 12.0. The quantitative estimate of drug-likeness (QED) is 0.410. The maximum absolute atomic E-state index is 5.33. The van der Waals surface area contributed by atoms with E-state index in [0.717, 1.165) is 22.6 Å². The van der Waals surface area contributed by atoms with Gasteiger partial charge >= 0.3 is 0 Å². The fourth-order valence-corrected chi connectivity index (χ4v) is 2.20. The number of nitrogens with zero attached hydrogens (tertiary/aromatic N) is 2. The summed E-state index contributed by atoms with van der Waals surface area (Å²) in [7, 11) is 0. The molecular weight excluding hydrogens is 238 g/mol. The van der Waals surface area contributed by atoms with Gasteiger partial charge in [0.1, 0.15) is 10.6 Å². The molecule has 0 saturated carbocycles. The number of anilines is 2. The molecule has 0 unspecified atom stereocenters. The van der Waals surface area contributed by atoms with Crippen molar-refractivity contribution < 1.29 is 4.74 Å². The fourth-order valence-electron chi connectivity index (χ4n) is 1.44. The van der Waals surface area contributed by atoms with E-state index in [0.29, 0.717) is 19.1 Å². The highest BCUT2D eigenvalue weighted by atomic mass is 32.1. The second-order valence-corrected chi connectivity index (χ2v) is 4.20. The molecular formula is C10H15N5OS. The van der Waals surface area contributed by atoms with Crippen LogP contribution in [-0.4, -0.2) is 29.7 Å². The lowest BCUT2D eigenvalue weighted by molar-refractivity contribution is 0.158. The molecule has 2 aromatic heterocycles. The van der Waals surface area contributed by atoms with Crippen molar-refractivity contribution in [3.8, 4) is 0 Å². The van der Waals surface area contributed by atoms with Crippen LogP contribution in [0.1, 0.15) is 6.92 Å². The molecule has 2 heterocycles. The summed E-state index contributed by atoms with van der Waals surface area (Å²) in [5.74, 6) is 6.53. The van der Waals surface area contributed by atoms with Crippen molar-refractivity contribution >= 4 is 33.3 Å². The highest BCUT2D eigenvalue weighted by Crippen LogP contribution is 2.25. The zero-order valence-electron chi connectivity index (χ0n) is 9.56. The van der Waals surface area contributed by atoms with E-state index in [-0.39, 0.29) is 0 Å². The second-order valence-electron chi connectivity index (χ2n) is 3.30. The third-order valence-electron chi connectivity index (χ3n) is 2.20. The SMILES string of the molecule is CCOCCNc1nc(NN)nc2sccc12. The molecule has 0 aromatic carbocycles. The van der Waals surface area contributed by atoms with Crippen LogP contribution in [0.15, 0.2) is 11.4 Å². The Labute approximate surface area is 103 Å². The van der Waals surface area contributed by atoms with Crippen molar-refractivity contribution in [1.82, 2.24) is 9.97 Å². The first-order valence-corrected chi connectivity index (χ1v) is 6.26. The Morgan fingerprint density at radius 2 is 2.35 bits per heavy atom. The molecule has 17 heavy (non-hydrogen) atoms. The molecule has 0 aliphatic heterocycles. The van der Waals surface area contributed by atoms with Gasteiger partial charge in [-0.05, 0) is 18.4 Å². The summed E-state index contributed by atoms with van der Waals surface area (Å²) in [6.07, 6.45) is 0. The third-order valence-corrected chi connectivity index (χ3v) is 3.00. The van der Waals surface area contributed by atoms with Crippen LogP contribution in [0.4, 0.5) is 11.8 Å². The predicted molar refractivity (Wildman–Crippen MR) is 70.2 cm³/mol. The Bertz CT molecular complexity index is 487. The maximum Gasteiger partial charge on any atom is 0.240 e. The molecule has 0 bridgehead atoms. The minimum atomic E-state index is 0.416. The van der Waals surface area contributed by atoms with Gasteiger partial charge in [-0.3, -0.25) is 5.43 Å². The molecule has 92 valence electrons. The number of aromatic nitrogens is 2. The second kappa shape index (κ2) is 5.76. The van der Waals surface area contributed by atoms with Crippen LogP contribution >= 0.6 is 11.3 Å². The van der Waals surface area contributed by atoms with Crippen molar-refractivity contribution in [2.24, 2.45) is 5.84 Å². The summed E-state index contributed by atoms with van der Waals surface area (Å²) in [5, 5.41) is 6.20. The van der Waals surface area contributed by atoms with Crippen molar-refractivity contribution in [2.45, 2.75) is 6.92 Å². The minimum absolute atomic E-state index is 0.416. The fraction of sp³-hybridized carbons (Fsp3) is 0.400. The Morgan fingerprint density at radius 3 is 3.12 bits per heavy atom. The molecule has 0 aliphatic rings. The van der Waals surface area contributed by atoms with E-state index in [4.69, 9.17) is 10.6 Å². The van der Waals surface area contributed by atoms with E-state index in [1.54, 1.807) is 11.3 Å². The average Bonchev–Trinajstić information content (AvgIpc) is 2.82. The minimum Gasteiger partial charge on any atom is -0.380 e. The van der Waals surface area contributed by atoms with Gasteiger partial charge in [-0.2, -0.15) is 4.98 Å². The zero-order chi connectivity index (χ0) is 12.1. The van der Waals surface area contributed by atoms with Gasteiger partial charge in [0.15, 0.2) is 0 Å². The first-order chi connectivity index (χ1) is 8.35. The molecule has 0 fully saturated rings. The number of nitrogens with one attached hydrogen (secondary N) is 2. The molecule has 7 heteroatoms. The van der Waals surface area contributed by atoms with Crippen LogP contribution in [0, 0.1) is 0 Å². The van der Waals surface area contributed by atoms with Crippen molar-refractivity contribution in [2.75, 3.05) is 30.5 Å². The summed E-state index contributed by atoms with van der Waals surface area (Å²) in [6.45, 7) is 4.05. The summed E-state index contributed by atoms with van der Waals surface area (Å²) in [6, 6.07) is 1.99. The van der Waals surface area contributed by atoms with Gasteiger partial charge < -0.3 is 10.1 Å². The topological polar surface area (TPSA) is 85.1 Å². The van der Waals surface area contributed by atoms with Crippen LogP contribution in [0.2, 0.25) is 0 Å². The number of hydrazine groups is 1. The number of hydrogen-bond donors (Lipinski definition) is 3. The maximum atomic E-state index is 5.33. The van der Waals surface area contributed by atoms with Crippen molar-refractivity contribution in [1.29, 1.82) is 0 Å². The summed E-state index contributed by atoms with van der Waals surface area (Å²) >= 11 is 1.56. The lowest BCUT2D eigenvalue weighted by Crippen LogP contribution is -2.14. The van der Waals surface area contributed by atoms with Crippen LogP contribution in [0.3, 0.4) is 0 Å². The van der Waals surface area contributed by atoms with E-state index in [9.17, 15) is 0 Å². The third kappa shape index (κ3) is 2.82. The molecule has 6 nitrogen and oxygen atoms in total. The first-order valence-electron chi connectivity index (χ1n) is 5.38. The van der Waals surface area contributed by atoms with Crippen LogP contribution in [0.25, 0.3) is 10.2 Å². The van der Waals surface area contributed by atoms with Gasteiger partial charge in [-0.25, -0.2) is 10.8 Å². The van der Waals surface area contributed by atoms with E-state index < -0.39 is 0 Å². The molecule has 4 N–H and O–H groups in total. The molecule has 0 amide bonds. The highest BCUT2D eigenvalue weighted by Gasteiger charge is 2.07. The number of nitrogens with two attached hydrogens (primary N) is 1. The van der Waals surface area contributed by atoms with Gasteiger partial charge in [0, 0.05) is 13.2 Å². The van der Waals surface area contributed by atoms with E-state index in [1.807, 2.05) is 18.4 Å². The Kier molecular flexibility index (Phi) is 4.08. The van der Waals surface area contributed by atoms with E-state index in [1.165, 1.54) is 0 Å². The molecule has 2 aromatic rings. The van der Waals surface area contributed by atoms with Crippen LogP contribution < -0.4 is 16.6 Å². The normalized spacial score (nSPS) is 10.7. The number of hydrogen-bond acceptors (Lipinski definition) is 7. The predicted octanol–water partition coefficient (Wildman–Crippen LogP) is 1.43. The summed E-state index contributed by atoms with van der Waals surface area (Å²) < 4.78 is 5.26. The monoisotopic (exact) mass is 253 g/mol.